The summed E-state index contributed by atoms with van der Waals surface area (Å²) in [6.07, 6.45) is 1.68. The molecule has 0 aliphatic heterocycles. The Hall–Kier alpha value is -1.75. The number of hydrogen-bond acceptors (Lipinski definition) is 3. The molecule has 0 aliphatic carbocycles. The maximum Gasteiger partial charge on any atom is 0.164 e. The van der Waals surface area contributed by atoms with Crippen LogP contribution in [0.3, 0.4) is 0 Å². The van der Waals surface area contributed by atoms with E-state index in [2.05, 4.69) is 15.4 Å². The summed E-state index contributed by atoms with van der Waals surface area (Å²) >= 11 is 0. The van der Waals surface area contributed by atoms with Crippen LogP contribution < -0.4 is 5.32 Å². The third-order valence-corrected chi connectivity index (χ3v) is 2.18. The Labute approximate surface area is 93.1 Å². The van der Waals surface area contributed by atoms with Crippen LogP contribution in [0, 0.1) is 5.82 Å². The van der Waals surface area contributed by atoms with Crippen molar-refractivity contribution in [3.05, 3.63) is 47.8 Å². The van der Waals surface area contributed by atoms with Crippen LogP contribution in [0.1, 0.15) is 11.4 Å². The molecule has 0 atom stereocenters. The minimum absolute atomic E-state index is 0.224. The highest BCUT2D eigenvalue weighted by Crippen LogP contribution is 2.04. The molecule has 0 fully saturated rings. The number of rotatable bonds is 4. The summed E-state index contributed by atoms with van der Waals surface area (Å²) in [5, 5.41) is 7.25. The molecular formula is C11H13FN4. The van der Waals surface area contributed by atoms with E-state index in [9.17, 15) is 4.39 Å². The second-order valence-corrected chi connectivity index (χ2v) is 3.52. The van der Waals surface area contributed by atoms with Gasteiger partial charge in [0.1, 0.15) is 12.1 Å². The maximum absolute atomic E-state index is 12.7. The normalized spacial score (nSPS) is 10.6. The molecule has 1 aromatic heterocycles. The van der Waals surface area contributed by atoms with Gasteiger partial charge in [0.15, 0.2) is 5.82 Å². The topological polar surface area (TPSA) is 42.7 Å². The van der Waals surface area contributed by atoms with E-state index >= 15 is 0 Å². The van der Waals surface area contributed by atoms with E-state index in [1.54, 1.807) is 23.1 Å². The van der Waals surface area contributed by atoms with Crippen LogP contribution in [0.25, 0.3) is 0 Å². The van der Waals surface area contributed by atoms with Gasteiger partial charge in [-0.05, 0) is 24.7 Å². The Kier molecular flexibility index (Phi) is 3.26. The average molecular weight is 220 g/mol. The third-order valence-electron chi connectivity index (χ3n) is 2.18. The lowest BCUT2D eigenvalue weighted by Gasteiger charge is -2.00. The molecule has 1 N–H and O–H groups in total. The summed E-state index contributed by atoms with van der Waals surface area (Å²) in [7, 11) is 1.85. The van der Waals surface area contributed by atoms with Crippen molar-refractivity contribution in [2.75, 3.05) is 7.05 Å². The number of nitrogens with one attached hydrogen (secondary N) is 1. The van der Waals surface area contributed by atoms with E-state index in [4.69, 9.17) is 0 Å². The minimum atomic E-state index is -0.224. The van der Waals surface area contributed by atoms with Crippen LogP contribution in [0.4, 0.5) is 4.39 Å². The molecule has 5 heteroatoms. The molecule has 4 nitrogen and oxygen atoms in total. The second kappa shape index (κ2) is 4.85. The van der Waals surface area contributed by atoms with E-state index < -0.39 is 0 Å². The summed E-state index contributed by atoms with van der Waals surface area (Å²) < 4.78 is 14.4. The Morgan fingerprint density at radius 1 is 1.31 bits per heavy atom. The van der Waals surface area contributed by atoms with Crippen molar-refractivity contribution >= 4 is 0 Å². The average Bonchev–Trinajstić information content (AvgIpc) is 2.70. The fourth-order valence-electron chi connectivity index (χ4n) is 1.43. The van der Waals surface area contributed by atoms with Gasteiger partial charge in [-0.25, -0.2) is 14.1 Å². The highest BCUT2D eigenvalue weighted by atomic mass is 19.1. The number of hydrogen-bond donors (Lipinski definition) is 1. The smallest absolute Gasteiger partial charge is 0.164 e. The van der Waals surface area contributed by atoms with Gasteiger partial charge in [-0.15, -0.1) is 0 Å². The van der Waals surface area contributed by atoms with E-state index in [-0.39, 0.29) is 5.82 Å². The van der Waals surface area contributed by atoms with Crippen molar-refractivity contribution < 1.29 is 4.39 Å². The molecule has 1 heterocycles. The van der Waals surface area contributed by atoms with E-state index in [0.29, 0.717) is 13.1 Å². The first-order valence-electron chi connectivity index (χ1n) is 5.05. The molecule has 0 bridgehead atoms. The summed E-state index contributed by atoms with van der Waals surface area (Å²) in [6, 6.07) is 6.38. The predicted molar refractivity (Wildman–Crippen MR) is 58.3 cm³/mol. The lowest BCUT2D eigenvalue weighted by molar-refractivity contribution is 0.623. The summed E-state index contributed by atoms with van der Waals surface area (Å²) in [4.78, 5) is 4.13. The van der Waals surface area contributed by atoms with Gasteiger partial charge in [0.05, 0.1) is 13.1 Å². The fraction of sp³-hybridized carbons (Fsp3) is 0.273. The molecule has 0 aliphatic rings. The maximum atomic E-state index is 12.7. The summed E-state index contributed by atoms with van der Waals surface area (Å²) in [6.45, 7) is 1.26. The predicted octanol–water partition coefficient (Wildman–Crippen LogP) is 1.18. The minimum Gasteiger partial charge on any atom is -0.313 e. The molecule has 0 saturated heterocycles. The number of halogens is 1. The quantitative estimate of drug-likeness (QED) is 0.841. The molecule has 0 unspecified atom stereocenters. The molecule has 0 saturated carbocycles. The molecule has 0 amide bonds. The zero-order valence-electron chi connectivity index (χ0n) is 9.02. The van der Waals surface area contributed by atoms with Crippen LogP contribution in [-0.2, 0) is 13.1 Å². The van der Waals surface area contributed by atoms with Crippen LogP contribution in [0.15, 0.2) is 30.6 Å². The highest BCUT2D eigenvalue weighted by molar-refractivity contribution is 5.16. The van der Waals surface area contributed by atoms with Crippen molar-refractivity contribution in [2.24, 2.45) is 0 Å². The van der Waals surface area contributed by atoms with Gasteiger partial charge in [0.2, 0.25) is 0 Å². The van der Waals surface area contributed by atoms with Crippen LogP contribution in [0.5, 0.6) is 0 Å². The summed E-state index contributed by atoms with van der Waals surface area (Å²) in [5.74, 6) is 0.530. The van der Waals surface area contributed by atoms with Gasteiger partial charge < -0.3 is 5.32 Å². The largest absolute Gasteiger partial charge is 0.313 e. The highest BCUT2D eigenvalue weighted by Gasteiger charge is 2.00. The Morgan fingerprint density at radius 3 is 2.75 bits per heavy atom. The SMILES string of the molecule is CNCc1ncn(Cc2ccc(F)cc2)n1. The molecule has 84 valence electrons. The first-order chi connectivity index (χ1) is 7.78. The first-order valence-corrected chi connectivity index (χ1v) is 5.05. The molecule has 1 aromatic carbocycles. The second-order valence-electron chi connectivity index (χ2n) is 3.52. The molecule has 2 aromatic rings. The molecule has 2 rings (SSSR count). The van der Waals surface area contributed by atoms with Gasteiger partial charge in [0, 0.05) is 0 Å². The first kappa shape index (κ1) is 10.8. The van der Waals surface area contributed by atoms with Crippen molar-refractivity contribution in [2.45, 2.75) is 13.1 Å². The molecule has 0 spiro atoms. The molecular weight excluding hydrogens is 207 g/mol. The Morgan fingerprint density at radius 2 is 2.06 bits per heavy atom. The fourth-order valence-corrected chi connectivity index (χ4v) is 1.43. The monoisotopic (exact) mass is 220 g/mol. The zero-order chi connectivity index (χ0) is 11.4. The van der Waals surface area contributed by atoms with Crippen LogP contribution in [0.2, 0.25) is 0 Å². The van der Waals surface area contributed by atoms with Crippen molar-refractivity contribution in [3.8, 4) is 0 Å². The van der Waals surface area contributed by atoms with Gasteiger partial charge in [0.25, 0.3) is 0 Å². The van der Waals surface area contributed by atoms with Crippen molar-refractivity contribution in [1.29, 1.82) is 0 Å². The third kappa shape index (κ3) is 2.64. The van der Waals surface area contributed by atoms with E-state index in [1.165, 1.54) is 12.1 Å². The van der Waals surface area contributed by atoms with Crippen LogP contribution in [-0.4, -0.2) is 21.8 Å². The van der Waals surface area contributed by atoms with Crippen molar-refractivity contribution in [3.63, 3.8) is 0 Å². The van der Waals surface area contributed by atoms with Gasteiger partial charge in [-0.1, -0.05) is 12.1 Å². The van der Waals surface area contributed by atoms with Crippen LogP contribution >= 0.6 is 0 Å². The number of nitrogens with zero attached hydrogens (tertiary/aromatic N) is 3. The lowest BCUT2D eigenvalue weighted by Crippen LogP contribution is -2.08. The lowest BCUT2D eigenvalue weighted by atomic mass is 10.2. The Balaban J connectivity index is 2.05. The number of aromatic nitrogens is 3. The van der Waals surface area contributed by atoms with Crippen molar-refractivity contribution in [1.82, 2.24) is 20.1 Å². The van der Waals surface area contributed by atoms with E-state index in [0.717, 1.165) is 11.4 Å². The van der Waals surface area contributed by atoms with Gasteiger partial charge in [-0.3, -0.25) is 0 Å². The standard InChI is InChI=1S/C11H13FN4/c1-13-6-11-14-8-16(15-11)7-9-2-4-10(12)5-3-9/h2-5,8,13H,6-7H2,1H3. The molecule has 0 radical (unpaired) electrons. The zero-order valence-corrected chi connectivity index (χ0v) is 9.02. The van der Waals surface area contributed by atoms with Gasteiger partial charge in [-0.2, -0.15) is 5.10 Å². The Bertz CT molecular complexity index is 449. The summed E-state index contributed by atoms with van der Waals surface area (Å²) in [5.41, 5.74) is 1.00. The van der Waals surface area contributed by atoms with E-state index in [1.807, 2.05) is 7.05 Å². The number of benzene rings is 1. The van der Waals surface area contributed by atoms with Gasteiger partial charge >= 0.3 is 0 Å². The molecule has 16 heavy (non-hydrogen) atoms.